The Labute approximate surface area is 141 Å². The summed E-state index contributed by atoms with van der Waals surface area (Å²) in [6.45, 7) is 8.23. The van der Waals surface area contributed by atoms with Gasteiger partial charge in [-0.1, -0.05) is 32.9 Å². The maximum absolute atomic E-state index is 13.0. The second kappa shape index (κ2) is 8.91. The van der Waals surface area contributed by atoms with Gasteiger partial charge < -0.3 is 9.64 Å². The smallest absolute Gasteiger partial charge is 0.325 e. The highest BCUT2D eigenvalue weighted by atomic mass is 32.2. The lowest BCUT2D eigenvalue weighted by atomic mass is 10.2. The molecule has 23 heavy (non-hydrogen) atoms. The lowest BCUT2D eigenvalue weighted by molar-refractivity contribution is -0.148. The van der Waals surface area contributed by atoms with Crippen LogP contribution in [0.15, 0.2) is 24.3 Å². The van der Waals surface area contributed by atoms with E-state index in [0.29, 0.717) is 0 Å². The number of ether oxygens (including phenoxy) is 1. The topological polar surface area (TPSA) is 46.6 Å². The molecule has 1 aromatic carbocycles. The monoisotopic (exact) mass is 341 g/mol. The summed E-state index contributed by atoms with van der Waals surface area (Å²) in [6.07, 6.45) is 0. The van der Waals surface area contributed by atoms with E-state index in [1.165, 1.54) is 28.8 Å². The van der Waals surface area contributed by atoms with Crippen molar-refractivity contribution in [3.05, 3.63) is 35.6 Å². The van der Waals surface area contributed by atoms with Crippen LogP contribution in [-0.4, -0.2) is 40.4 Å². The zero-order valence-electron chi connectivity index (χ0n) is 14.1. The number of esters is 1. The Balaban J connectivity index is 2.77. The Morgan fingerprint density at radius 3 is 2.35 bits per heavy atom. The third-order valence-electron chi connectivity index (χ3n) is 2.89. The fourth-order valence-electron chi connectivity index (χ4n) is 1.77. The molecular weight excluding hydrogens is 317 g/mol. The highest BCUT2D eigenvalue weighted by Crippen LogP contribution is 2.23. The predicted octanol–water partition coefficient (Wildman–Crippen LogP) is 3.25. The van der Waals surface area contributed by atoms with Crippen molar-refractivity contribution in [3.8, 4) is 0 Å². The van der Waals surface area contributed by atoms with E-state index in [1.54, 1.807) is 19.1 Å². The van der Waals surface area contributed by atoms with Crippen LogP contribution in [0, 0.1) is 5.82 Å². The second-order valence-electron chi connectivity index (χ2n) is 6.08. The quantitative estimate of drug-likeness (QED) is 0.714. The molecule has 0 radical (unpaired) electrons. The van der Waals surface area contributed by atoms with E-state index in [9.17, 15) is 14.0 Å². The van der Waals surface area contributed by atoms with Crippen LogP contribution in [0.3, 0.4) is 0 Å². The zero-order chi connectivity index (χ0) is 17.5. The SMILES string of the molecule is CCOC(=O)CN(Cc1ccc(F)cc1)C(=O)CSC(C)(C)C. The molecule has 6 heteroatoms. The van der Waals surface area contributed by atoms with Crippen LogP contribution < -0.4 is 0 Å². The molecule has 1 aromatic rings. The average molecular weight is 341 g/mol. The fourth-order valence-corrected chi connectivity index (χ4v) is 2.51. The molecule has 0 N–H and O–H groups in total. The van der Waals surface area contributed by atoms with Gasteiger partial charge in [-0.05, 0) is 24.6 Å². The minimum absolute atomic E-state index is 0.0405. The number of nitrogens with zero attached hydrogens (tertiary/aromatic N) is 1. The summed E-state index contributed by atoms with van der Waals surface area (Å²) in [5.74, 6) is -0.629. The number of carbonyl (C=O) groups is 2. The summed E-state index contributed by atoms with van der Waals surface area (Å²) in [7, 11) is 0. The van der Waals surface area contributed by atoms with Gasteiger partial charge in [0.05, 0.1) is 12.4 Å². The van der Waals surface area contributed by atoms with Gasteiger partial charge in [-0.15, -0.1) is 11.8 Å². The first kappa shape index (κ1) is 19.5. The average Bonchev–Trinajstić information content (AvgIpc) is 2.46. The van der Waals surface area contributed by atoms with Crippen LogP contribution >= 0.6 is 11.8 Å². The van der Waals surface area contributed by atoms with Crippen molar-refractivity contribution in [3.63, 3.8) is 0 Å². The third-order valence-corrected chi connectivity index (χ3v) is 4.15. The minimum atomic E-state index is -0.441. The summed E-state index contributed by atoms with van der Waals surface area (Å²) in [5, 5.41) is 0. The number of benzene rings is 1. The largest absolute Gasteiger partial charge is 0.465 e. The first-order valence-electron chi connectivity index (χ1n) is 7.53. The Morgan fingerprint density at radius 1 is 1.22 bits per heavy atom. The van der Waals surface area contributed by atoms with E-state index < -0.39 is 5.97 Å². The van der Waals surface area contributed by atoms with Crippen molar-refractivity contribution in [2.45, 2.75) is 39.0 Å². The summed E-state index contributed by atoms with van der Waals surface area (Å²) >= 11 is 1.52. The van der Waals surface area contributed by atoms with Gasteiger partial charge in [0.2, 0.25) is 5.91 Å². The molecule has 0 saturated heterocycles. The van der Waals surface area contributed by atoms with Crippen LogP contribution in [0.1, 0.15) is 33.3 Å². The molecule has 0 aromatic heterocycles. The molecule has 0 fully saturated rings. The van der Waals surface area contributed by atoms with Crippen molar-refractivity contribution in [2.24, 2.45) is 0 Å². The summed E-state index contributed by atoms with van der Waals surface area (Å²) < 4.78 is 17.9. The molecule has 0 saturated carbocycles. The van der Waals surface area contributed by atoms with E-state index in [1.807, 2.05) is 20.8 Å². The van der Waals surface area contributed by atoms with Crippen molar-refractivity contribution in [2.75, 3.05) is 18.9 Å². The van der Waals surface area contributed by atoms with Crippen molar-refractivity contribution < 1.29 is 18.7 Å². The zero-order valence-corrected chi connectivity index (χ0v) is 14.9. The first-order chi connectivity index (χ1) is 10.7. The van der Waals surface area contributed by atoms with E-state index >= 15 is 0 Å². The van der Waals surface area contributed by atoms with Gasteiger partial charge in [0.25, 0.3) is 0 Å². The van der Waals surface area contributed by atoms with E-state index in [2.05, 4.69) is 0 Å². The number of halogens is 1. The number of hydrogen-bond donors (Lipinski definition) is 0. The Kier molecular flexibility index (Phi) is 7.55. The fraction of sp³-hybridized carbons (Fsp3) is 0.529. The number of rotatable bonds is 7. The molecule has 0 aliphatic rings. The van der Waals surface area contributed by atoms with Gasteiger partial charge in [0, 0.05) is 11.3 Å². The van der Waals surface area contributed by atoms with Gasteiger partial charge in [0.15, 0.2) is 0 Å². The van der Waals surface area contributed by atoms with Crippen LogP contribution in [0.5, 0.6) is 0 Å². The molecular formula is C17H24FNO3S. The van der Waals surface area contributed by atoms with Crippen LogP contribution in [0.25, 0.3) is 0 Å². The van der Waals surface area contributed by atoms with Gasteiger partial charge in [-0.2, -0.15) is 0 Å². The lowest BCUT2D eigenvalue weighted by Gasteiger charge is -2.24. The maximum atomic E-state index is 13.0. The van der Waals surface area contributed by atoms with E-state index in [4.69, 9.17) is 4.74 Å². The maximum Gasteiger partial charge on any atom is 0.325 e. The minimum Gasteiger partial charge on any atom is -0.465 e. The van der Waals surface area contributed by atoms with Gasteiger partial charge in [0.1, 0.15) is 12.4 Å². The van der Waals surface area contributed by atoms with Crippen LogP contribution in [0.4, 0.5) is 4.39 Å². The number of thioether (sulfide) groups is 1. The predicted molar refractivity (Wildman–Crippen MR) is 90.7 cm³/mol. The highest BCUT2D eigenvalue weighted by Gasteiger charge is 2.21. The molecule has 4 nitrogen and oxygen atoms in total. The second-order valence-corrected chi connectivity index (χ2v) is 7.88. The van der Waals surface area contributed by atoms with E-state index in [0.717, 1.165) is 5.56 Å². The van der Waals surface area contributed by atoms with Gasteiger partial charge in [-0.25, -0.2) is 4.39 Å². The number of hydrogen-bond acceptors (Lipinski definition) is 4. The Morgan fingerprint density at radius 2 is 1.83 bits per heavy atom. The van der Waals surface area contributed by atoms with E-state index in [-0.39, 0.29) is 41.9 Å². The summed E-state index contributed by atoms with van der Waals surface area (Å²) in [4.78, 5) is 25.6. The first-order valence-corrected chi connectivity index (χ1v) is 8.51. The standard InChI is InChI=1S/C17H24FNO3S/c1-5-22-16(21)11-19(15(20)12-23-17(2,3)4)10-13-6-8-14(18)9-7-13/h6-9H,5,10-12H2,1-4H3. The molecule has 0 spiro atoms. The Bertz CT molecular complexity index is 526. The molecule has 0 aliphatic heterocycles. The van der Waals surface area contributed by atoms with Crippen LogP contribution in [0.2, 0.25) is 0 Å². The van der Waals surface area contributed by atoms with Gasteiger partial charge in [-0.3, -0.25) is 9.59 Å². The number of amides is 1. The van der Waals surface area contributed by atoms with Crippen molar-refractivity contribution in [1.29, 1.82) is 0 Å². The lowest BCUT2D eigenvalue weighted by Crippen LogP contribution is -2.37. The van der Waals surface area contributed by atoms with Crippen LogP contribution in [-0.2, 0) is 20.9 Å². The molecule has 0 atom stereocenters. The summed E-state index contributed by atoms with van der Waals surface area (Å²) in [6, 6.07) is 5.90. The molecule has 0 aliphatic carbocycles. The third kappa shape index (κ3) is 8.02. The molecule has 0 bridgehead atoms. The summed E-state index contributed by atoms with van der Waals surface area (Å²) in [5.41, 5.74) is 0.768. The van der Waals surface area contributed by atoms with Crippen molar-refractivity contribution in [1.82, 2.24) is 4.90 Å². The molecule has 0 unspecified atom stereocenters. The number of carbonyl (C=O) groups excluding carboxylic acids is 2. The Hall–Kier alpha value is -1.56. The molecule has 1 rings (SSSR count). The highest BCUT2D eigenvalue weighted by molar-refractivity contribution is 8.01. The molecule has 1 amide bonds. The van der Waals surface area contributed by atoms with Crippen molar-refractivity contribution >= 4 is 23.6 Å². The molecule has 128 valence electrons. The van der Waals surface area contributed by atoms with Gasteiger partial charge >= 0.3 is 5.97 Å². The molecule has 0 heterocycles. The normalized spacial score (nSPS) is 11.2.